The summed E-state index contributed by atoms with van der Waals surface area (Å²) >= 11 is 5.81. The minimum atomic E-state index is -3.97. The standard InChI is InChI=1S/C7H3Br2ClF2O3S/c8-4-1-3(15-7(11)12)2-5(9)6(4)16(10,13)14/h1-2,7H. The van der Waals surface area contributed by atoms with Gasteiger partial charge in [-0.05, 0) is 44.0 Å². The van der Waals surface area contributed by atoms with Crippen LogP contribution < -0.4 is 4.74 Å². The summed E-state index contributed by atoms with van der Waals surface area (Å²) in [6, 6.07) is 2.18. The molecule has 1 aromatic rings. The number of alkyl halides is 2. The summed E-state index contributed by atoms with van der Waals surface area (Å²) < 4.78 is 50.3. The second kappa shape index (κ2) is 5.16. The third kappa shape index (κ3) is 3.54. The Kier molecular flexibility index (Phi) is 4.56. The van der Waals surface area contributed by atoms with E-state index in [2.05, 4.69) is 36.6 Å². The van der Waals surface area contributed by atoms with Crippen LogP contribution in [0, 0.1) is 0 Å². The van der Waals surface area contributed by atoms with Crippen LogP contribution in [-0.4, -0.2) is 15.0 Å². The summed E-state index contributed by atoms with van der Waals surface area (Å²) in [7, 11) is 1.18. The zero-order chi connectivity index (χ0) is 12.5. The fraction of sp³-hybridized carbons (Fsp3) is 0.143. The van der Waals surface area contributed by atoms with Gasteiger partial charge in [0.2, 0.25) is 0 Å². The van der Waals surface area contributed by atoms with Crippen LogP contribution >= 0.6 is 42.5 Å². The van der Waals surface area contributed by atoms with Crippen LogP contribution in [-0.2, 0) is 9.05 Å². The van der Waals surface area contributed by atoms with Gasteiger partial charge in [0, 0.05) is 19.6 Å². The maximum absolute atomic E-state index is 11.9. The van der Waals surface area contributed by atoms with Crippen molar-refractivity contribution in [2.75, 3.05) is 0 Å². The molecule has 3 nitrogen and oxygen atoms in total. The molecule has 0 spiro atoms. The minimum absolute atomic E-state index is 0.0347. The number of hydrogen-bond acceptors (Lipinski definition) is 3. The van der Waals surface area contributed by atoms with E-state index >= 15 is 0 Å². The van der Waals surface area contributed by atoms with Gasteiger partial charge in [-0.25, -0.2) is 8.42 Å². The molecule has 0 atom stereocenters. The number of halogens is 5. The van der Waals surface area contributed by atoms with E-state index in [0.717, 1.165) is 12.1 Å². The fourth-order valence-corrected chi connectivity index (χ4v) is 5.01. The fourth-order valence-electron chi connectivity index (χ4n) is 0.940. The van der Waals surface area contributed by atoms with E-state index in [0.29, 0.717) is 0 Å². The summed E-state index contributed by atoms with van der Waals surface area (Å²) in [6.07, 6.45) is 0. The third-order valence-electron chi connectivity index (χ3n) is 1.44. The molecule has 0 aromatic heterocycles. The van der Waals surface area contributed by atoms with E-state index in [1.807, 2.05) is 0 Å². The highest BCUT2D eigenvalue weighted by Gasteiger charge is 2.20. The maximum atomic E-state index is 11.9. The zero-order valence-corrected chi connectivity index (χ0v) is 12.0. The molecule has 90 valence electrons. The monoisotopic (exact) mass is 398 g/mol. The molecule has 16 heavy (non-hydrogen) atoms. The topological polar surface area (TPSA) is 43.4 Å². The lowest BCUT2D eigenvalue weighted by atomic mass is 10.3. The molecule has 0 aliphatic carbocycles. The van der Waals surface area contributed by atoms with Crippen molar-refractivity contribution in [3.63, 3.8) is 0 Å². The van der Waals surface area contributed by atoms with Crippen molar-refractivity contribution in [1.82, 2.24) is 0 Å². The van der Waals surface area contributed by atoms with E-state index in [4.69, 9.17) is 10.7 Å². The first-order valence-electron chi connectivity index (χ1n) is 3.60. The summed E-state index contributed by atoms with van der Waals surface area (Å²) in [5.74, 6) is -0.183. The molecule has 0 N–H and O–H groups in total. The van der Waals surface area contributed by atoms with E-state index < -0.39 is 15.7 Å². The Hall–Kier alpha value is 0.0800. The van der Waals surface area contributed by atoms with Crippen molar-refractivity contribution < 1.29 is 21.9 Å². The van der Waals surface area contributed by atoms with Gasteiger partial charge in [-0.15, -0.1) is 0 Å². The Bertz CT molecular complexity index is 483. The van der Waals surface area contributed by atoms with Crippen molar-refractivity contribution in [3.8, 4) is 5.75 Å². The number of benzene rings is 1. The average molecular weight is 400 g/mol. The average Bonchev–Trinajstić information content (AvgIpc) is 1.96. The molecular weight excluding hydrogens is 397 g/mol. The maximum Gasteiger partial charge on any atom is 0.387 e. The lowest BCUT2D eigenvalue weighted by Gasteiger charge is -2.08. The molecule has 0 saturated heterocycles. The van der Waals surface area contributed by atoms with E-state index in [1.165, 1.54) is 0 Å². The van der Waals surface area contributed by atoms with Gasteiger partial charge in [0.05, 0.1) is 0 Å². The highest BCUT2D eigenvalue weighted by Crippen LogP contribution is 2.36. The van der Waals surface area contributed by atoms with Crippen LogP contribution in [0.1, 0.15) is 0 Å². The van der Waals surface area contributed by atoms with Gasteiger partial charge < -0.3 is 4.74 Å². The lowest BCUT2D eigenvalue weighted by Crippen LogP contribution is -2.03. The van der Waals surface area contributed by atoms with Crippen LogP contribution in [0.5, 0.6) is 5.75 Å². The summed E-state index contributed by atoms with van der Waals surface area (Å²) in [6.45, 7) is -2.99. The van der Waals surface area contributed by atoms with Gasteiger partial charge in [-0.2, -0.15) is 8.78 Å². The van der Waals surface area contributed by atoms with Crippen LogP contribution in [0.3, 0.4) is 0 Å². The number of hydrogen-bond donors (Lipinski definition) is 0. The predicted octanol–water partition coefficient (Wildman–Crippen LogP) is 3.74. The first-order chi connectivity index (χ1) is 7.21. The highest BCUT2D eigenvalue weighted by atomic mass is 79.9. The van der Waals surface area contributed by atoms with Crippen molar-refractivity contribution in [2.24, 2.45) is 0 Å². The van der Waals surface area contributed by atoms with Crippen molar-refractivity contribution in [3.05, 3.63) is 21.1 Å². The summed E-state index contributed by atoms with van der Waals surface area (Å²) in [4.78, 5) is -0.240. The van der Waals surface area contributed by atoms with E-state index in [9.17, 15) is 17.2 Å². The largest absolute Gasteiger partial charge is 0.435 e. The molecular formula is C7H3Br2ClF2O3S. The molecule has 0 fully saturated rings. The highest BCUT2D eigenvalue weighted by molar-refractivity contribution is 9.11. The predicted molar refractivity (Wildman–Crippen MR) is 61.5 cm³/mol. The zero-order valence-electron chi connectivity index (χ0n) is 7.25. The molecule has 0 radical (unpaired) electrons. The van der Waals surface area contributed by atoms with Gasteiger partial charge >= 0.3 is 6.61 Å². The van der Waals surface area contributed by atoms with Crippen molar-refractivity contribution in [1.29, 1.82) is 0 Å². The molecule has 0 aliphatic rings. The third-order valence-corrected chi connectivity index (χ3v) is 4.61. The Morgan fingerprint density at radius 1 is 1.25 bits per heavy atom. The van der Waals surface area contributed by atoms with Crippen molar-refractivity contribution in [2.45, 2.75) is 11.5 Å². The van der Waals surface area contributed by atoms with Crippen LogP contribution in [0.25, 0.3) is 0 Å². The Morgan fingerprint density at radius 3 is 2.00 bits per heavy atom. The van der Waals surface area contributed by atoms with Crippen LogP contribution in [0.2, 0.25) is 0 Å². The van der Waals surface area contributed by atoms with E-state index in [-0.39, 0.29) is 19.6 Å². The molecule has 0 aliphatic heterocycles. The molecule has 9 heteroatoms. The van der Waals surface area contributed by atoms with Crippen LogP contribution in [0.4, 0.5) is 8.78 Å². The van der Waals surface area contributed by atoms with Gasteiger partial charge in [-0.3, -0.25) is 0 Å². The van der Waals surface area contributed by atoms with E-state index in [1.54, 1.807) is 0 Å². The number of rotatable bonds is 3. The first-order valence-corrected chi connectivity index (χ1v) is 7.50. The second-order valence-corrected chi connectivity index (χ2v) is 6.74. The Balaban J connectivity index is 3.29. The second-order valence-electron chi connectivity index (χ2n) is 2.53. The molecule has 0 unspecified atom stereocenters. The lowest BCUT2D eigenvalue weighted by molar-refractivity contribution is -0.0499. The molecule has 1 aromatic carbocycles. The Labute approximate surface area is 111 Å². The van der Waals surface area contributed by atoms with Gasteiger partial charge in [0.25, 0.3) is 9.05 Å². The van der Waals surface area contributed by atoms with Gasteiger partial charge in [0.15, 0.2) is 0 Å². The minimum Gasteiger partial charge on any atom is -0.435 e. The van der Waals surface area contributed by atoms with Gasteiger partial charge in [0.1, 0.15) is 10.6 Å². The molecule has 0 saturated carbocycles. The molecule has 0 bridgehead atoms. The first kappa shape index (κ1) is 14.1. The molecule has 0 amide bonds. The normalized spacial score (nSPS) is 11.9. The number of ether oxygens (including phenoxy) is 1. The summed E-state index contributed by atoms with van der Waals surface area (Å²) in [5.41, 5.74) is 0. The summed E-state index contributed by atoms with van der Waals surface area (Å²) in [5, 5.41) is 0. The van der Waals surface area contributed by atoms with Gasteiger partial charge in [-0.1, -0.05) is 0 Å². The van der Waals surface area contributed by atoms with Crippen LogP contribution in [0.15, 0.2) is 26.0 Å². The molecule has 0 heterocycles. The quantitative estimate of drug-likeness (QED) is 0.726. The SMILES string of the molecule is O=S(=O)(Cl)c1c(Br)cc(OC(F)F)cc1Br. The Morgan fingerprint density at radius 2 is 1.69 bits per heavy atom. The molecule has 1 rings (SSSR count). The van der Waals surface area contributed by atoms with Crippen molar-refractivity contribution >= 4 is 51.6 Å². The smallest absolute Gasteiger partial charge is 0.387 e.